The minimum Gasteiger partial charge on any atom is -0.309 e. The quantitative estimate of drug-likeness (QED) is 0.606. The molecule has 0 aromatic heterocycles. The van der Waals surface area contributed by atoms with Gasteiger partial charge in [-0.25, -0.2) is 0 Å². The van der Waals surface area contributed by atoms with E-state index in [-0.39, 0.29) is 5.78 Å². The van der Waals surface area contributed by atoms with E-state index in [9.17, 15) is 4.79 Å². The van der Waals surface area contributed by atoms with Crippen LogP contribution in [0.15, 0.2) is 48.5 Å². The lowest BCUT2D eigenvalue weighted by Gasteiger charge is -2.10. The third kappa shape index (κ3) is 6.74. The summed E-state index contributed by atoms with van der Waals surface area (Å²) in [6.45, 7) is 2.17. The molecule has 3 nitrogen and oxygen atoms in total. The molecule has 2 rings (SSSR count). The number of ketones is 1. The Morgan fingerprint density at radius 1 is 0.654 bits per heavy atom. The van der Waals surface area contributed by atoms with Gasteiger partial charge in [0.1, 0.15) is 0 Å². The van der Waals surface area contributed by atoms with Crippen molar-refractivity contribution in [1.82, 2.24) is 9.80 Å². The largest absolute Gasteiger partial charge is 0.309 e. The van der Waals surface area contributed by atoms with Crippen LogP contribution in [0.3, 0.4) is 0 Å². The number of carbonyl (C=O) groups is 1. The van der Waals surface area contributed by atoms with Crippen LogP contribution in [-0.2, 0) is 12.8 Å². The molecule has 0 aliphatic heterocycles. The maximum Gasteiger partial charge on any atom is 0.193 e. The molecule has 0 atom stereocenters. The second-order valence-corrected chi connectivity index (χ2v) is 7.54. The number of hydrogen-bond donors (Lipinski definition) is 0. The number of benzene rings is 2. The molecule has 26 heavy (non-hydrogen) atoms. The summed E-state index contributed by atoms with van der Waals surface area (Å²) in [6, 6.07) is 16.2. The van der Waals surface area contributed by atoms with Gasteiger partial charge in [-0.3, -0.25) is 4.79 Å². The molecular formula is C23H32N2O. The van der Waals surface area contributed by atoms with Crippen LogP contribution >= 0.6 is 0 Å². The van der Waals surface area contributed by atoms with E-state index in [4.69, 9.17) is 0 Å². The fourth-order valence-corrected chi connectivity index (χ4v) is 3.01. The number of hydrogen-bond acceptors (Lipinski definition) is 3. The van der Waals surface area contributed by atoms with Crippen molar-refractivity contribution in [1.29, 1.82) is 0 Å². The Bertz CT molecular complexity index is 613. The second kappa shape index (κ2) is 10.2. The topological polar surface area (TPSA) is 23.6 Å². The number of aryl methyl sites for hydroxylation is 2. The normalized spacial score (nSPS) is 11.3. The van der Waals surface area contributed by atoms with Crippen molar-refractivity contribution in [2.24, 2.45) is 0 Å². The van der Waals surface area contributed by atoms with Crippen LogP contribution in [0.1, 0.15) is 39.9 Å². The predicted molar refractivity (Wildman–Crippen MR) is 110 cm³/mol. The summed E-state index contributed by atoms with van der Waals surface area (Å²) < 4.78 is 0. The highest BCUT2D eigenvalue weighted by Crippen LogP contribution is 2.14. The third-order valence-electron chi connectivity index (χ3n) is 4.57. The van der Waals surface area contributed by atoms with Gasteiger partial charge in [-0.1, -0.05) is 48.5 Å². The Morgan fingerprint density at radius 2 is 1.00 bits per heavy atom. The highest BCUT2D eigenvalue weighted by atomic mass is 16.1. The van der Waals surface area contributed by atoms with Crippen molar-refractivity contribution in [3.63, 3.8) is 0 Å². The minimum atomic E-state index is 0.102. The van der Waals surface area contributed by atoms with E-state index < -0.39 is 0 Å². The molecule has 0 bridgehead atoms. The first-order chi connectivity index (χ1) is 12.5. The summed E-state index contributed by atoms with van der Waals surface area (Å²) in [5, 5.41) is 0. The molecule has 3 heteroatoms. The van der Waals surface area contributed by atoms with Crippen LogP contribution in [0.25, 0.3) is 0 Å². The Kier molecular flexibility index (Phi) is 8.02. The Hall–Kier alpha value is -1.97. The summed E-state index contributed by atoms with van der Waals surface area (Å²) in [6.07, 6.45) is 4.37. The Balaban J connectivity index is 1.91. The fraction of sp³-hybridized carbons (Fsp3) is 0.435. The van der Waals surface area contributed by atoms with Crippen molar-refractivity contribution in [2.45, 2.75) is 25.7 Å². The molecule has 140 valence electrons. The maximum atomic E-state index is 12.7. The molecule has 0 fully saturated rings. The lowest BCUT2D eigenvalue weighted by molar-refractivity contribution is 0.103. The van der Waals surface area contributed by atoms with Gasteiger partial charge in [0, 0.05) is 11.1 Å². The van der Waals surface area contributed by atoms with Crippen molar-refractivity contribution < 1.29 is 4.79 Å². The van der Waals surface area contributed by atoms with Crippen molar-refractivity contribution >= 4 is 5.78 Å². The monoisotopic (exact) mass is 352 g/mol. The molecule has 0 amide bonds. The van der Waals surface area contributed by atoms with Crippen LogP contribution < -0.4 is 0 Å². The van der Waals surface area contributed by atoms with E-state index in [1.807, 2.05) is 24.3 Å². The van der Waals surface area contributed by atoms with Gasteiger partial charge in [-0.2, -0.15) is 0 Å². The first-order valence-corrected chi connectivity index (χ1v) is 9.48. The molecule has 0 radical (unpaired) electrons. The molecular weight excluding hydrogens is 320 g/mol. The van der Waals surface area contributed by atoms with E-state index in [1.54, 1.807) is 0 Å². The molecule has 0 heterocycles. The molecule has 0 aliphatic rings. The van der Waals surface area contributed by atoms with Gasteiger partial charge < -0.3 is 9.80 Å². The molecule has 0 N–H and O–H groups in total. The van der Waals surface area contributed by atoms with Gasteiger partial charge in [0.25, 0.3) is 0 Å². The average molecular weight is 353 g/mol. The Labute approximate surface area is 158 Å². The van der Waals surface area contributed by atoms with Gasteiger partial charge >= 0.3 is 0 Å². The SMILES string of the molecule is CN(C)CCCc1ccc(C(=O)c2ccc(CCCN(C)C)cc2)cc1. The zero-order valence-electron chi connectivity index (χ0n) is 16.7. The summed E-state index contributed by atoms with van der Waals surface area (Å²) in [7, 11) is 8.37. The molecule has 2 aromatic carbocycles. The fourth-order valence-electron chi connectivity index (χ4n) is 3.01. The average Bonchev–Trinajstić information content (AvgIpc) is 2.62. The van der Waals surface area contributed by atoms with Gasteiger partial charge in [-0.15, -0.1) is 0 Å². The number of carbonyl (C=O) groups excluding carboxylic acids is 1. The lowest BCUT2D eigenvalue weighted by Crippen LogP contribution is -2.13. The summed E-state index contributed by atoms with van der Waals surface area (Å²) in [5.74, 6) is 0.102. The second-order valence-electron chi connectivity index (χ2n) is 7.54. The summed E-state index contributed by atoms with van der Waals surface area (Å²) in [5.41, 5.74) is 4.11. The maximum absolute atomic E-state index is 12.7. The smallest absolute Gasteiger partial charge is 0.193 e. The minimum absolute atomic E-state index is 0.102. The summed E-state index contributed by atoms with van der Waals surface area (Å²) >= 11 is 0. The van der Waals surface area contributed by atoms with Crippen LogP contribution in [-0.4, -0.2) is 56.9 Å². The van der Waals surface area contributed by atoms with E-state index >= 15 is 0 Å². The number of nitrogens with zero attached hydrogens (tertiary/aromatic N) is 2. The van der Waals surface area contributed by atoms with Crippen LogP contribution in [0.5, 0.6) is 0 Å². The van der Waals surface area contributed by atoms with Gasteiger partial charge in [0.15, 0.2) is 5.78 Å². The zero-order chi connectivity index (χ0) is 18.9. The highest BCUT2D eigenvalue weighted by Gasteiger charge is 2.09. The van der Waals surface area contributed by atoms with E-state index in [0.29, 0.717) is 0 Å². The highest BCUT2D eigenvalue weighted by molar-refractivity contribution is 6.08. The Morgan fingerprint density at radius 3 is 1.31 bits per heavy atom. The molecule has 0 aliphatic carbocycles. The van der Waals surface area contributed by atoms with Crippen LogP contribution in [0, 0.1) is 0 Å². The van der Waals surface area contributed by atoms with Crippen molar-refractivity contribution in [3.8, 4) is 0 Å². The predicted octanol–water partition coefficient (Wildman–Crippen LogP) is 3.91. The van der Waals surface area contributed by atoms with Crippen molar-refractivity contribution in [3.05, 3.63) is 70.8 Å². The number of rotatable bonds is 10. The standard InChI is InChI=1S/C23H32N2O/c1-24(2)17-5-7-19-9-13-21(14-10-19)23(26)22-15-11-20(12-16-22)8-6-18-25(3)4/h9-16H,5-8,17-18H2,1-4H3. The molecule has 0 saturated carbocycles. The zero-order valence-corrected chi connectivity index (χ0v) is 16.7. The first-order valence-electron chi connectivity index (χ1n) is 9.48. The van der Waals surface area contributed by atoms with E-state index in [2.05, 4.69) is 62.3 Å². The van der Waals surface area contributed by atoms with Gasteiger partial charge in [-0.05, 0) is 78.1 Å². The lowest BCUT2D eigenvalue weighted by atomic mass is 9.99. The van der Waals surface area contributed by atoms with E-state index in [0.717, 1.165) is 49.9 Å². The third-order valence-corrected chi connectivity index (χ3v) is 4.57. The summed E-state index contributed by atoms with van der Waals surface area (Å²) in [4.78, 5) is 17.1. The molecule has 0 saturated heterocycles. The molecule has 0 unspecified atom stereocenters. The molecule has 0 spiro atoms. The van der Waals surface area contributed by atoms with Crippen molar-refractivity contribution in [2.75, 3.05) is 41.3 Å². The van der Waals surface area contributed by atoms with Crippen LogP contribution in [0.4, 0.5) is 0 Å². The molecule has 2 aromatic rings. The van der Waals surface area contributed by atoms with Gasteiger partial charge in [0.05, 0.1) is 0 Å². The van der Waals surface area contributed by atoms with E-state index in [1.165, 1.54) is 11.1 Å². The first kappa shape index (κ1) is 20.3. The van der Waals surface area contributed by atoms with Crippen LogP contribution in [0.2, 0.25) is 0 Å². The van der Waals surface area contributed by atoms with Gasteiger partial charge in [0.2, 0.25) is 0 Å².